The number of aromatic nitrogens is 15. The van der Waals surface area contributed by atoms with Crippen molar-refractivity contribution in [1.29, 1.82) is 0 Å². The van der Waals surface area contributed by atoms with Crippen molar-refractivity contribution in [2.24, 2.45) is 5.11 Å². The quantitative estimate of drug-likeness (QED) is 0.0514. The molecule has 1 aliphatic heterocycles. The smallest absolute Gasteiger partial charge is 0.489 e. The second kappa shape index (κ2) is 55.0. The van der Waals surface area contributed by atoms with Gasteiger partial charge in [-0.1, -0.05) is 235 Å². The van der Waals surface area contributed by atoms with Gasteiger partial charge in [0, 0.05) is 58.5 Å². The maximum absolute atomic E-state index is 5.08. The van der Waals surface area contributed by atoms with Crippen LogP contribution in [0.1, 0.15) is 41.1 Å². The summed E-state index contributed by atoms with van der Waals surface area (Å²) in [5, 5.41) is 39.4. The molecule has 4 radical (unpaired) electrons. The Bertz CT molecular complexity index is 7410. The normalized spacial score (nSPS) is 11.1. The summed E-state index contributed by atoms with van der Waals surface area (Å²) in [7, 11) is 0. The zero-order valence-electron chi connectivity index (χ0n) is 81.5. The molecule has 726 valence electrons. The van der Waals surface area contributed by atoms with E-state index in [1.54, 1.807) is 28.1 Å². The molecule has 7 aromatic heterocycles. The molecule has 8 heterocycles. The van der Waals surface area contributed by atoms with Crippen LogP contribution < -0.4 is 0 Å². The van der Waals surface area contributed by atoms with E-state index >= 15 is 0 Å². The van der Waals surface area contributed by atoms with Crippen molar-refractivity contribution < 1.29 is 87.0 Å². The monoisotopic (exact) mass is 2270 g/mol. The maximum atomic E-state index is 5.08. The van der Waals surface area contributed by atoms with Gasteiger partial charge in [-0.2, -0.15) is 199 Å². The summed E-state index contributed by atoms with van der Waals surface area (Å²) in [5.41, 5.74) is 32.2. The topological polar surface area (TPSA) is 174 Å². The van der Waals surface area contributed by atoms with Gasteiger partial charge in [0.05, 0.1) is 54.3 Å². The summed E-state index contributed by atoms with van der Waals surface area (Å²) >= 11 is 0. The number of hydrogen-bond donors (Lipinski definition) is 0. The fraction of sp³-hybridized carbons (Fsp3) is 0.0640. The Morgan fingerprint density at radius 2 is 0.687 bits per heavy atom. The molecule has 23 aromatic rings. The average molecular weight is 2270 g/mol. The van der Waals surface area contributed by atoms with Crippen LogP contribution in [0.25, 0.3) is 135 Å². The summed E-state index contributed by atoms with van der Waals surface area (Å²) in [4.78, 5) is 5.59. The van der Waals surface area contributed by atoms with Crippen molar-refractivity contribution in [3.05, 3.63) is 557 Å². The van der Waals surface area contributed by atoms with E-state index in [0.717, 1.165) is 113 Å². The van der Waals surface area contributed by atoms with E-state index in [1.165, 1.54) is 55.6 Å². The Labute approximate surface area is 910 Å². The minimum atomic E-state index is 0. The predicted molar refractivity (Wildman–Crippen MR) is 569 cm³/mol. The number of para-hydroxylation sites is 7. The Morgan fingerprint density at radius 1 is 0.313 bits per heavy atom. The van der Waals surface area contributed by atoms with Crippen molar-refractivity contribution in [3.63, 3.8) is 0 Å². The van der Waals surface area contributed by atoms with Crippen LogP contribution in [0.2, 0.25) is 0 Å². The maximum Gasteiger partial charge on any atom is 2.00 e. The molecule has 1 atom stereocenters. The van der Waals surface area contributed by atoms with E-state index in [-0.39, 0.29) is 77.9 Å². The molecule has 1 aliphatic rings. The van der Waals surface area contributed by atoms with Crippen LogP contribution in [-0.4, -0.2) is 84.8 Å². The number of rotatable bonds is 16. The molecule has 1 unspecified atom stereocenters. The fourth-order valence-corrected chi connectivity index (χ4v) is 15.8. The molecule has 0 spiro atoms. The third kappa shape index (κ3) is 29.5. The SMILES string of the molecule is CC1C=CN=[N+]1c1[c-]cccc1.Cc1cc(C)n(-c2[c-]cccc2)n1.Cc1cc(C)n(-c2[c-]cccc2)n1.Cc1nn(-c2[c-]cccc2)c(C)c1-c1ccc(-c2ccccc2)cc1.[Rh+2].[Rh+2].[Rh+2].[Rh+2].[c-]1ccccc1-c1ncco1.[c-]1ccccc1-n1cc(-c2ccc(-c3ccccc3)cc2)cn1.[c-]1ccccc1-n1cc(-c2ccc(-c3ccccc3)cc2)nn1.[c-]1ccccc1-n1ncc(-c2ccc(-c3ccccc3)cc2)n1. The van der Waals surface area contributed by atoms with Gasteiger partial charge >= 0.3 is 77.9 Å². The number of aryl methyl sites for hydroxylation is 5. The molecule has 24 rings (SSSR count). The molecule has 0 amide bonds. The summed E-state index contributed by atoms with van der Waals surface area (Å²) < 4.78 is 16.4. The van der Waals surface area contributed by atoms with Gasteiger partial charge in [-0.15, -0.1) is 82.6 Å². The average Bonchev–Trinajstić information content (AvgIpc) is 1.64. The summed E-state index contributed by atoms with van der Waals surface area (Å²) in [6.07, 6.45) is 14.7. The van der Waals surface area contributed by atoms with Crippen LogP contribution in [-0.2, 0) is 77.9 Å². The van der Waals surface area contributed by atoms with Crippen LogP contribution in [0.4, 0.5) is 5.69 Å². The molecule has 22 heteroatoms. The van der Waals surface area contributed by atoms with Gasteiger partial charge in [-0.05, 0) is 149 Å². The molecule has 16 aromatic carbocycles. The number of hydrogen-bond acceptors (Lipinski definition) is 11. The molecule has 18 nitrogen and oxygen atoms in total. The van der Waals surface area contributed by atoms with Crippen molar-refractivity contribution in [2.75, 3.05) is 0 Å². The third-order valence-electron chi connectivity index (χ3n) is 22.9. The minimum absolute atomic E-state index is 0. The van der Waals surface area contributed by atoms with Crippen LogP contribution in [0, 0.1) is 90.1 Å². The van der Waals surface area contributed by atoms with Gasteiger partial charge in [0.1, 0.15) is 23.0 Å². The fourth-order valence-electron chi connectivity index (χ4n) is 15.8. The van der Waals surface area contributed by atoms with Crippen molar-refractivity contribution in [3.8, 4) is 135 Å². The number of nitrogens with zero attached hydrogens (tertiary/aromatic N) is 17. The van der Waals surface area contributed by atoms with Crippen LogP contribution in [0.3, 0.4) is 0 Å². The third-order valence-corrected chi connectivity index (χ3v) is 22.9. The van der Waals surface area contributed by atoms with Crippen molar-refractivity contribution >= 4 is 5.69 Å². The molecule has 0 fully saturated rings. The van der Waals surface area contributed by atoms with E-state index in [4.69, 9.17) is 9.52 Å². The Morgan fingerprint density at radius 3 is 1.07 bits per heavy atom. The predicted octanol–water partition coefficient (Wildman–Crippen LogP) is 28.6. The van der Waals surface area contributed by atoms with E-state index in [1.807, 2.05) is 319 Å². The van der Waals surface area contributed by atoms with Gasteiger partial charge in [-0.25, -0.2) is 4.68 Å². The summed E-state index contributed by atoms with van der Waals surface area (Å²) in [5.74, 6) is 0.616. The van der Waals surface area contributed by atoms with Crippen molar-refractivity contribution in [2.45, 2.75) is 54.5 Å². The summed E-state index contributed by atoms with van der Waals surface area (Å²) in [6, 6.07) is 167. The first-order chi connectivity index (χ1) is 70.3. The Kier molecular flexibility index (Phi) is 40.4. The molecular weight excluding hydrogens is 2170 g/mol. The summed E-state index contributed by atoms with van der Waals surface area (Å²) in [6.45, 7) is 14.3. The van der Waals surface area contributed by atoms with Gasteiger partial charge in [0.25, 0.3) is 0 Å². The number of azo groups is 2. The number of oxazole rings is 1. The van der Waals surface area contributed by atoms with Gasteiger partial charge < -0.3 is 4.42 Å². The second-order valence-corrected chi connectivity index (χ2v) is 33.0. The second-order valence-electron chi connectivity index (χ2n) is 33.0. The largest absolute Gasteiger partial charge is 2.00 e. The van der Waals surface area contributed by atoms with Crippen molar-refractivity contribution in [1.82, 2.24) is 74.1 Å². The van der Waals surface area contributed by atoms with E-state index in [2.05, 4.69) is 303 Å². The molecule has 0 bridgehead atoms. The molecule has 0 N–H and O–H groups in total. The standard InChI is InChI=1S/C23H19N2.C21H15N2.2C20H14N3.2C11H11N2.C10H10N2.C9H6NO.4Rh/c1-17-23(18(2)25(24-17)22-11-7-4-8-12-22)21-15-13-20(14-16-21)19-9-5-3-6-10-19;1-3-7-17(8-4-1)18-11-13-19(14-12-18)20-15-22-23(16-20)21-9-5-2-6-10-21;1-3-7-16(8-4-1)17-11-13-18(14-12-17)20-15-23(22-21-20)19-9-5-2-6-10-19;1-3-7-16(8-4-1)17-11-13-18(14-12-17)20-15-21-23(22-20)19-9-5-2-6-10-19;2*1-9-8-10(2)13(12-9)11-6-4-3-5-7-11;1-9-7-8-11-12(9)10-5-3-2-4-6-10;1-2-4-8(5-3-1)9-10-6-7-11-9;;;;/h3-11,13-16H,1-2H3;1-9,11-16H;2*1-9,11-15H;2*3-6,8H,1-2H3;2-5,7-9H,1H3;1-4,6-7H;;;;/q6*-1;;-1;4*+2. The van der Waals surface area contributed by atoms with E-state index in [9.17, 15) is 0 Å². The Hall–Kier alpha value is -16.3. The zero-order chi connectivity index (χ0) is 98.1. The molecule has 147 heavy (non-hydrogen) atoms. The van der Waals surface area contributed by atoms with Crippen LogP contribution >= 0.6 is 0 Å². The van der Waals surface area contributed by atoms with E-state index < -0.39 is 0 Å². The Balaban J connectivity index is 0.000000142. The minimum Gasteiger partial charge on any atom is -0.489 e. The van der Waals surface area contributed by atoms with Gasteiger partial charge in [0.15, 0.2) is 6.04 Å². The van der Waals surface area contributed by atoms with Gasteiger partial charge in [0.2, 0.25) is 0 Å². The van der Waals surface area contributed by atoms with Crippen LogP contribution in [0.15, 0.2) is 484 Å². The zero-order valence-corrected chi connectivity index (χ0v) is 88.0. The molecular formula is C125H100N17ORh4+. The van der Waals surface area contributed by atoms with E-state index in [0.29, 0.717) is 11.9 Å². The first kappa shape index (κ1) is 108. The number of benzene rings is 16. The molecule has 0 aliphatic carbocycles. The molecule has 0 saturated heterocycles. The first-order valence-corrected chi connectivity index (χ1v) is 46.8. The van der Waals surface area contributed by atoms with Crippen LogP contribution in [0.5, 0.6) is 0 Å². The molecule has 0 saturated carbocycles. The first-order valence-electron chi connectivity index (χ1n) is 46.8. The van der Waals surface area contributed by atoms with Gasteiger partial charge in [-0.3, -0.25) is 23.7 Å².